The summed E-state index contributed by atoms with van der Waals surface area (Å²) in [5, 5.41) is 0. The Morgan fingerprint density at radius 3 is 1.14 bits per heavy atom. The molecule has 5 heterocycles. The van der Waals surface area contributed by atoms with E-state index in [0.717, 1.165) is 31.5 Å². The van der Waals surface area contributed by atoms with Gasteiger partial charge in [0.2, 0.25) is 0 Å². The van der Waals surface area contributed by atoms with E-state index in [0.29, 0.717) is 51.9 Å². The van der Waals surface area contributed by atoms with Crippen molar-refractivity contribution >= 4 is 0 Å². The smallest absolute Gasteiger partial charge is 0.0961 e. The van der Waals surface area contributed by atoms with Crippen LogP contribution in [-0.4, -0.2) is 115 Å². The summed E-state index contributed by atoms with van der Waals surface area (Å²) in [6.07, 6.45) is 20.7. The standard InChI is InChI=1S/C15H28FN.C15H29N.C14H27N.2C13H25N.3CH4/c1-11(16)12-8-9-17(15(5,6)7)13(10-12)14(2,3)4;1-8-12-9-10-16(15(5,6)7)13(11-12)14(2,3)4;1-11-8-9-15(14(5,6)7)12(10-11)13(2,3)4;2*1-12(2,3)11-9-7-8-10-14(11)13(4,5)6;;;/h13H,8-10H2,1-7H3;8,13H,9-11H2,1-7H3;12H,1,8-10H2,2-7H3;7,9,11H,8,10H2,1-6H3;7-8,11H,9-10H2,1-6H3;3*1H4/b12-11-;12-8+;;;;;;. The molecule has 0 aromatic rings. The molecule has 5 aliphatic heterocycles. The maximum Gasteiger partial charge on any atom is 0.0961 e. The Morgan fingerprint density at radius 1 is 0.443 bits per heavy atom. The van der Waals surface area contributed by atoms with Crippen LogP contribution >= 0.6 is 0 Å². The zero-order valence-electron chi connectivity index (χ0n) is 57.3. The van der Waals surface area contributed by atoms with Crippen molar-refractivity contribution in [2.24, 2.45) is 27.1 Å². The number of allylic oxidation sites excluding steroid dienone is 2. The van der Waals surface area contributed by atoms with Crippen molar-refractivity contribution in [1.29, 1.82) is 0 Å². The Bertz CT molecular complexity index is 1830. The molecule has 0 saturated carbocycles. The quantitative estimate of drug-likeness (QED) is 0.224. The van der Waals surface area contributed by atoms with Crippen molar-refractivity contribution in [3.63, 3.8) is 0 Å². The summed E-state index contributed by atoms with van der Waals surface area (Å²) in [7, 11) is 0. The Labute approximate surface area is 499 Å². The van der Waals surface area contributed by atoms with E-state index in [4.69, 9.17) is 0 Å². The number of rotatable bonds is 0. The van der Waals surface area contributed by atoms with E-state index in [2.05, 4.69) is 276 Å². The minimum Gasteiger partial charge on any atom is -0.294 e. The normalized spacial score (nSPS) is 25.3. The molecule has 3 fully saturated rings. The number of likely N-dealkylation sites (tertiary alicyclic amines) is 3. The fraction of sp³-hybridized carbons (Fsp3) is 0.863. The highest BCUT2D eigenvalue weighted by molar-refractivity contribution is 5.15. The van der Waals surface area contributed by atoms with Crippen LogP contribution in [0.5, 0.6) is 0 Å². The van der Waals surface area contributed by atoms with Gasteiger partial charge in [0.25, 0.3) is 0 Å². The van der Waals surface area contributed by atoms with E-state index in [9.17, 15) is 4.39 Å². The SMILES string of the molecule is C.C.C.C/C(F)=C1\CCN(C(C)(C)C)C(C(C)(C)C)C1.C/C=C1\CCN(C(C)(C)C)C(C(C)(C)C)C1.C=C1CCN(C(C)(C)C)C(C(C)(C)C)C1.CC(C)(C)C1C=CCCN1C(C)(C)C.CC(C)(C)C1CC=CCN1C(C)(C)C. The first-order valence-corrected chi connectivity index (χ1v) is 30.6. The Morgan fingerprint density at radius 2 is 0.810 bits per heavy atom. The lowest BCUT2D eigenvalue weighted by molar-refractivity contribution is 0.00901. The van der Waals surface area contributed by atoms with Crippen molar-refractivity contribution in [1.82, 2.24) is 24.5 Å². The van der Waals surface area contributed by atoms with Crippen LogP contribution in [0.25, 0.3) is 0 Å². The van der Waals surface area contributed by atoms with Gasteiger partial charge in [-0.05, 0) is 202 Å². The van der Waals surface area contributed by atoms with Crippen LogP contribution in [0.3, 0.4) is 0 Å². The summed E-state index contributed by atoms with van der Waals surface area (Å²) in [6.45, 7) is 83.1. The molecular weight excluding hydrogens is 966 g/mol. The number of nitrogens with zero attached hydrogens (tertiary/aromatic N) is 5. The third-order valence-corrected chi connectivity index (χ3v) is 17.0. The van der Waals surface area contributed by atoms with E-state index in [-0.39, 0.29) is 61.2 Å². The van der Waals surface area contributed by atoms with Crippen LogP contribution in [0.2, 0.25) is 0 Å². The van der Waals surface area contributed by atoms with E-state index in [1.807, 2.05) is 0 Å². The molecule has 3 saturated heterocycles. The lowest BCUT2D eigenvalue weighted by atomic mass is 9.77. The number of hydrogen-bond acceptors (Lipinski definition) is 5. The van der Waals surface area contributed by atoms with Gasteiger partial charge in [0, 0.05) is 90.6 Å². The lowest BCUT2D eigenvalue weighted by Gasteiger charge is -2.50. The summed E-state index contributed by atoms with van der Waals surface area (Å²) in [5.74, 6) is 0.0350. The first kappa shape index (κ1) is 81.6. The van der Waals surface area contributed by atoms with E-state index < -0.39 is 0 Å². The predicted molar refractivity (Wildman–Crippen MR) is 361 cm³/mol. The van der Waals surface area contributed by atoms with Crippen LogP contribution in [0, 0.1) is 27.1 Å². The molecule has 0 aliphatic carbocycles. The molecule has 0 radical (unpaired) electrons. The van der Waals surface area contributed by atoms with Crippen molar-refractivity contribution in [2.75, 3.05) is 32.7 Å². The number of hydrogen-bond donors (Lipinski definition) is 0. The summed E-state index contributed by atoms with van der Waals surface area (Å²) >= 11 is 0. The van der Waals surface area contributed by atoms with Gasteiger partial charge in [0.05, 0.1) is 5.83 Å². The number of halogens is 1. The zero-order valence-corrected chi connectivity index (χ0v) is 57.3. The summed E-state index contributed by atoms with van der Waals surface area (Å²) in [5.41, 5.74) is 6.98. The van der Waals surface area contributed by atoms with Gasteiger partial charge >= 0.3 is 0 Å². The van der Waals surface area contributed by atoms with Crippen LogP contribution < -0.4 is 0 Å². The highest BCUT2D eigenvalue weighted by Crippen LogP contribution is 2.42. The molecule has 0 spiro atoms. The van der Waals surface area contributed by atoms with Gasteiger partial charge in [-0.1, -0.05) is 174 Å². The second kappa shape index (κ2) is 31.0. The highest BCUT2D eigenvalue weighted by Gasteiger charge is 2.42. The molecule has 0 amide bonds. The van der Waals surface area contributed by atoms with Gasteiger partial charge in [-0.3, -0.25) is 24.5 Å². The van der Waals surface area contributed by atoms with Gasteiger partial charge in [-0.15, -0.1) is 0 Å². The maximum atomic E-state index is 13.4. The molecule has 5 atom stereocenters. The summed E-state index contributed by atoms with van der Waals surface area (Å²) < 4.78 is 13.4. The largest absolute Gasteiger partial charge is 0.294 e. The monoisotopic (exact) mass is 1110 g/mol. The van der Waals surface area contributed by atoms with Crippen LogP contribution in [-0.2, 0) is 0 Å². The van der Waals surface area contributed by atoms with Crippen molar-refractivity contribution in [2.45, 2.75) is 353 Å². The number of piperidine rings is 3. The molecule has 5 rings (SSSR count). The Kier molecular flexibility index (Phi) is 32.0. The molecule has 5 unspecified atom stereocenters. The third-order valence-electron chi connectivity index (χ3n) is 17.0. The molecule has 0 aromatic heterocycles. The van der Waals surface area contributed by atoms with Crippen LogP contribution in [0.1, 0.15) is 295 Å². The minimum absolute atomic E-state index is 0. The second-order valence-corrected chi connectivity index (χ2v) is 34.2. The molecular formula is C73H146FN5. The Hall–Kier alpha value is -1.57. The first-order chi connectivity index (χ1) is 33.8. The third kappa shape index (κ3) is 26.9. The van der Waals surface area contributed by atoms with Crippen molar-refractivity contribution in [3.8, 4) is 0 Å². The molecule has 0 aromatic carbocycles. The average molecular weight is 1110 g/mol. The molecule has 0 bridgehead atoms. The molecule has 0 N–H and O–H groups in total. The van der Waals surface area contributed by atoms with E-state index >= 15 is 0 Å². The van der Waals surface area contributed by atoms with Crippen LogP contribution in [0.15, 0.2) is 59.5 Å². The molecule has 470 valence electrons. The molecule has 79 heavy (non-hydrogen) atoms. The van der Waals surface area contributed by atoms with Gasteiger partial charge in [0.15, 0.2) is 0 Å². The fourth-order valence-electron chi connectivity index (χ4n) is 12.4. The van der Waals surface area contributed by atoms with Gasteiger partial charge in [-0.25, -0.2) is 4.39 Å². The molecule has 6 heteroatoms. The fourth-order valence-corrected chi connectivity index (χ4v) is 12.4. The predicted octanol–water partition coefficient (Wildman–Crippen LogP) is 21.5. The lowest BCUT2D eigenvalue weighted by Crippen LogP contribution is -2.55. The second-order valence-electron chi connectivity index (χ2n) is 34.2. The zero-order chi connectivity index (χ0) is 59.8. The minimum atomic E-state index is 0. The van der Waals surface area contributed by atoms with Crippen molar-refractivity contribution in [3.05, 3.63) is 59.5 Å². The summed E-state index contributed by atoms with van der Waals surface area (Å²) in [4.78, 5) is 13.1. The van der Waals surface area contributed by atoms with Gasteiger partial charge < -0.3 is 0 Å². The topological polar surface area (TPSA) is 16.2 Å². The van der Waals surface area contributed by atoms with E-state index in [1.165, 1.54) is 63.7 Å². The van der Waals surface area contributed by atoms with Crippen molar-refractivity contribution < 1.29 is 4.39 Å². The van der Waals surface area contributed by atoms with Gasteiger partial charge in [-0.2, -0.15) is 0 Å². The molecule has 5 aliphatic rings. The van der Waals surface area contributed by atoms with E-state index in [1.54, 1.807) is 12.5 Å². The maximum absolute atomic E-state index is 13.4. The average Bonchev–Trinajstić information content (AvgIpc) is 3.24. The molecule has 5 nitrogen and oxygen atoms in total. The first-order valence-electron chi connectivity index (χ1n) is 30.6. The van der Waals surface area contributed by atoms with Crippen LogP contribution in [0.4, 0.5) is 4.39 Å². The Balaban J connectivity index is -0.000000907. The summed E-state index contributed by atoms with van der Waals surface area (Å²) in [6, 6.07) is 2.99. The van der Waals surface area contributed by atoms with Gasteiger partial charge in [0.1, 0.15) is 0 Å². The highest BCUT2D eigenvalue weighted by atomic mass is 19.1.